The molecule has 0 aliphatic carbocycles. The molecule has 7 heteroatoms. The van der Waals surface area contributed by atoms with Crippen molar-refractivity contribution < 1.29 is 9.59 Å². The van der Waals surface area contributed by atoms with Gasteiger partial charge in [0.25, 0.3) is 0 Å². The van der Waals surface area contributed by atoms with Gasteiger partial charge in [-0.3, -0.25) is 4.79 Å². The van der Waals surface area contributed by atoms with Gasteiger partial charge < -0.3 is 16.0 Å². The van der Waals surface area contributed by atoms with Gasteiger partial charge in [0.15, 0.2) is 0 Å². The fraction of sp³-hybridized carbons (Fsp3) is 0.400. The molecule has 1 aromatic heterocycles. The second kappa shape index (κ2) is 5.37. The molecule has 0 saturated carbocycles. The van der Waals surface area contributed by atoms with Crippen LogP contribution in [0.2, 0.25) is 4.34 Å². The van der Waals surface area contributed by atoms with Crippen LogP contribution in [-0.4, -0.2) is 31.1 Å². The van der Waals surface area contributed by atoms with Crippen molar-refractivity contribution in [2.75, 3.05) is 13.1 Å². The molecule has 2 heterocycles. The van der Waals surface area contributed by atoms with E-state index in [1.807, 2.05) is 12.1 Å². The lowest BCUT2D eigenvalue weighted by Gasteiger charge is -2.08. The van der Waals surface area contributed by atoms with Crippen LogP contribution in [0.15, 0.2) is 12.1 Å². The predicted octanol–water partition coefficient (Wildman–Crippen LogP) is 0.742. The standard InChI is InChI=1S/C10H12ClN3O2S/c11-8-2-1-6(17-8)3-4-12-9(15)7-5-13-10(16)14-7/h1-2,7H,3-5H2,(H,12,15)(H2,13,14,16)/t7-/m1/s1. The zero-order chi connectivity index (χ0) is 12.3. The third kappa shape index (κ3) is 3.34. The predicted molar refractivity (Wildman–Crippen MR) is 66.4 cm³/mol. The van der Waals surface area contributed by atoms with Crippen LogP contribution >= 0.6 is 22.9 Å². The van der Waals surface area contributed by atoms with Gasteiger partial charge in [0, 0.05) is 18.0 Å². The molecule has 0 radical (unpaired) electrons. The van der Waals surface area contributed by atoms with Crippen molar-refractivity contribution in [1.82, 2.24) is 16.0 Å². The summed E-state index contributed by atoms with van der Waals surface area (Å²) in [7, 11) is 0. The summed E-state index contributed by atoms with van der Waals surface area (Å²) in [6.07, 6.45) is 0.747. The SMILES string of the molecule is O=C1NC[C@H](C(=O)NCCc2ccc(Cl)s2)N1. The molecule has 2 rings (SSSR count). The fourth-order valence-corrected chi connectivity index (χ4v) is 2.62. The highest BCUT2D eigenvalue weighted by Crippen LogP contribution is 2.21. The highest BCUT2D eigenvalue weighted by molar-refractivity contribution is 7.16. The van der Waals surface area contributed by atoms with E-state index < -0.39 is 6.04 Å². The average molecular weight is 274 g/mol. The van der Waals surface area contributed by atoms with Gasteiger partial charge in [0.2, 0.25) is 5.91 Å². The minimum absolute atomic E-state index is 0.161. The van der Waals surface area contributed by atoms with Crippen LogP contribution in [0.1, 0.15) is 4.88 Å². The van der Waals surface area contributed by atoms with Crippen LogP contribution in [0.4, 0.5) is 4.79 Å². The normalized spacial score (nSPS) is 18.6. The summed E-state index contributed by atoms with van der Waals surface area (Å²) in [6.45, 7) is 0.886. The van der Waals surface area contributed by atoms with E-state index in [1.54, 1.807) is 0 Å². The van der Waals surface area contributed by atoms with Crippen LogP contribution in [0.25, 0.3) is 0 Å². The highest BCUT2D eigenvalue weighted by atomic mass is 35.5. The van der Waals surface area contributed by atoms with Crippen molar-refractivity contribution in [2.24, 2.45) is 0 Å². The van der Waals surface area contributed by atoms with Crippen LogP contribution in [-0.2, 0) is 11.2 Å². The molecule has 3 N–H and O–H groups in total. The Hall–Kier alpha value is -1.27. The molecule has 17 heavy (non-hydrogen) atoms. The monoisotopic (exact) mass is 273 g/mol. The average Bonchev–Trinajstić information content (AvgIpc) is 2.88. The molecule has 0 aromatic carbocycles. The Kier molecular flexibility index (Phi) is 3.86. The molecule has 3 amide bonds. The van der Waals surface area contributed by atoms with Gasteiger partial charge in [-0.1, -0.05) is 11.6 Å². The van der Waals surface area contributed by atoms with Crippen molar-refractivity contribution in [1.29, 1.82) is 0 Å². The van der Waals surface area contributed by atoms with E-state index in [-0.39, 0.29) is 11.9 Å². The number of nitrogens with one attached hydrogen (secondary N) is 3. The van der Waals surface area contributed by atoms with Gasteiger partial charge in [0.05, 0.1) is 4.34 Å². The van der Waals surface area contributed by atoms with Crippen molar-refractivity contribution in [3.8, 4) is 0 Å². The van der Waals surface area contributed by atoms with E-state index in [0.717, 1.165) is 15.6 Å². The first kappa shape index (κ1) is 12.2. The van der Waals surface area contributed by atoms with Gasteiger partial charge in [0.1, 0.15) is 6.04 Å². The van der Waals surface area contributed by atoms with Crippen molar-refractivity contribution in [3.63, 3.8) is 0 Å². The Labute approximate surface area is 108 Å². The van der Waals surface area contributed by atoms with E-state index in [4.69, 9.17) is 11.6 Å². The second-order valence-electron chi connectivity index (χ2n) is 3.65. The molecule has 0 unspecified atom stereocenters. The van der Waals surface area contributed by atoms with Gasteiger partial charge in [-0.2, -0.15) is 0 Å². The number of amides is 3. The number of urea groups is 1. The van der Waals surface area contributed by atoms with E-state index in [2.05, 4.69) is 16.0 Å². The minimum atomic E-state index is -0.463. The molecular weight excluding hydrogens is 262 g/mol. The molecular formula is C10H12ClN3O2S. The molecule has 1 atom stereocenters. The van der Waals surface area contributed by atoms with Crippen LogP contribution in [0.5, 0.6) is 0 Å². The van der Waals surface area contributed by atoms with Crippen LogP contribution < -0.4 is 16.0 Å². The lowest BCUT2D eigenvalue weighted by atomic mass is 10.3. The summed E-state index contributed by atoms with van der Waals surface area (Å²) >= 11 is 7.30. The first-order valence-electron chi connectivity index (χ1n) is 5.21. The van der Waals surface area contributed by atoms with Gasteiger partial charge in [-0.05, 0) is 18.6 Å². The number of hydrogen-bond acceptors (Lipinski definition) is 3. The Balaban J connectivity index is 1.71. The van der Waals surface area contributed by atoms with Gasteiger partial charge >= 0.3 is 6.03 Å². The quantitative estimate of drug-likeness (QED) is 0.757. The summed E-state index contributed by atoms with van der Waals surface area (Å²) in [6, 6.07) is 3.02. The molecule has 1 fully saturated rings. The second-order valence-corrected chi connectivity index (χ2v) is 5.45. The van der Waals surface area contributed by atoms with Gasteiger partial charge in [-0.15, -0.1) is 11.3 Å². The number of hydrogen-bond donors (Lipinski definition) is 3. The van der Waals surface area contributed by atoms with Crippen molar-refractivity contribution in [3.05, 3.63) is 21.3 Å². The maximum atomic E-state index is 11.6. The summed E-state index contributed by atoms with van der Waals surface area (Å²) in [5, 5.41) is 7.83. The lowest BCUT2D eigenvalue weighted by molar-refractivity contribution is -0.122. The lowest BCUT2D eigenvalue weighted by Crippen LogP contribution is -2.43. The molecule has 0 spiro atoms. The first-order chi connectivity index (χ1) is 8.15. The number of carbonyl (C=O) groups is 2. The molecule has 1 aliphatic rings. The van der Waals surface area contributed by atoms with Gasteiger partial charge in [-0.25, -0.2) is 4.79 Å². The maximum absolute atomic E-state index is 11.6. The smallest absolute Gasteiger partial charge is 0.315 e. The summed E-state index contributed by atoms with van der Waals surface area (Å²) in [5.74, 6) is -0.161. The number of halogens is 1. The molecule has 92 valence electrons. The molecule has 1 aliphatic heterocycles. The van der Waals surface area contributed by atoms with E-state index in [1.165, 1.54) is 11.3 Å². The topological polar surface area (TPSA) is 70.2 Å². The Morgan fingerprint density at radius 2 is 2.41 bits per heavy atom. The number of carbonyl (C=O) groups excluding carboxylic acids is 2. The Morgan fingerprint density at radius 3 is 3.00 bits per heavy atom. The summed E-state index contributed by atoms with van der Waals surface area (Å²) in [5.41, 5.74) is 0. The third-order valence-electron chi connectivity index (χ3n) is 2.39. The molecule has 0 bridgehead atoms. The first-order valence-corrected chi connectivity index (χ1v) is 6.41. The third-order valence-corrected chi connectivity index (χ3v) is 3.68. The number of thiophene rings is 1. The zero-order valence-corrected chi connectivity index (χ0v) is 10.5. The maximum Gasteiger partial charge on any atom is 0.315 e. The Bertz CT molecular complexity index is 435. The fourth-order valence-electron chi connectivity index (χ4n) is 1.53. The molecule has 1 saturated heterocycles. The summed E-state index contributed by atoms with van der Waals surface area (Å²) in [4.78, 5) is 23.6. The minimum Gasteiger partial charge on any atom is -0.354 e. The zero-order valence-electron chi connectivity index (χ0n) is 8.96. The highest BCUT2D eigenvalue weighted by Gasteiger charge is 2.26. The van der Waals surface area contributed by atoms with Crippen molar-refractivity contribution in [2.45, 2.75) is 12.5 Å². The van der Waals surface area contributed by atoms with E-state index in [0.29, 0.717) is 13.1 Å². The van der Waals surface area contributed by atoms with Crippen molar-refractivity contribution >= 4 is 34.9 Å². The largest absolute Gasteiger partial charge is 0.354 e. The van der Waals surface area contributed by atoms with E-state index >= 15 is 0 Å². The van der Waals surface area contributed by atoms with Crippen LogP contribution in [0.3, 0.4) is 0 Å². The van der Waals surface area contributed by atoms with Crippen LogP contribution in [0, 0.1) is 0 Å². The molecule has 1 aromatic rings. The van der Waals surface area contributed by atoms with E-state index in [9.17, 15) is 9.59 Å². The summed E-state index contributed by atoms with van der Waals surface area (Å²) < 4.78 is 0.749. The molecule has 5 nitrogen and oxygen atoms in total. The Morgan fingerprint density at radius 1 is 1.59 bits per heavy atom. The number of rotatable bonds is 4.